The van der Waals surface area contributed by atoms with Gasteiger partial charge in [-0.1, -0.05) is 0 Å². The van der Waals surface area contributed by atoms with Crippen molar-refractivity contribution in [2.75, 3.05) is 13.1 Å². The average Bonchev–Trinajstić information content (AvgIpc) is 3.04. The van der Waals surface area contributed by atoms with Crippen LogP contribution in [-0.4, -0.2) is 24.9 Å². The van der Waals surface area contributed by atoms with E-state index in [2.05, 4.69) is 10.6 Å². The smallest absolute Gasteiger partial charge is 0.239 e. The van der Waals surface area contributed by atoms with Gasteiger partial charge < -0.3 is 15.1 Å². The molecule has 5 nitrogen and oxygen atoms in total. The number of amides is 2. The summed E-state index contributed by atoms with van der Waals surface area (Å²) >= 11 is 0. The fourth-order valence-corrected chi connectivity index (χ4v) is 5.58. The quantitative estimate of drug-likeness (QED) is 0.840. The third-order valence-electron chi connectivity index (χ3n) is 6.20. The zero-order valence-corrected chi connectivity index (χ0v) is 14.1. The van der Waals surface area contributed by atoms with Gasteiger partial charge in [0.2, 0.25) is 11.8 Å². The summed E-state index contributed by atoms with van der Waals surface area (Å²) in [4.78, 5) is 24.7. The lowest BCUT2D eigenvalue weighted by Crippen LogP contribution is -2.54. The molecule has 0 unspecified atom stereocenters. The Bertz CT molecular complexity index is 573. The second-order valence-electron chi connectivity index (χ2n) is 8.06. The molecule has 4 bridgehead atoms. The molecule has 0 spiro atoms. The largest absolute Gasteiger partial charge is 0.469 e. The topological polar surface area (TPSA) is 71.3 Å². The van der Waals surface area contributed by atoms with Crippen LogP contribution in [0.5, 0.6) is 0 Å². The van der Waals surface area contributed by atoms with Gasteiger partial charge in [0, 0.05) is 18.4 Å². The van der Waals surface area contributed by atoms with E-state index in [1.807, 2.05) is 12.1 Å². The highest BCUT2D eigenvalue weighted by atomic mass is 16.3. The summed E-state index contributed by atoms with van der Waals surface area (Å²) < 4.78 is 5.23. The minimum atomic E-state index is -0.177. The summed E-state index contributed by atoms with van der Waals surface area (Å²) in [7, 11) is 0. The Morgan fingerprint density at radius 3 is 2.33 bits per heavy atom. The van der Waals surface area contributed by atoms with E-state index < -0.39 is 0 Å². The van der Waals surface area contributed by atoms with E-state index in [9.17, 15) is 9.59 Å². The molecule has 2 amide bonds. The molecule has 5 heteroatoms. The van der Waals surface area contributed by atoms with Crippen LogP contribution in [0.3, 0.4) is 0 Å². The lowest BCUT2D eigenvalue weighted by atomic mass is 9.49. The molecule has 4 fully saturated rings. The Hall–Kier alpha value is -1.78. The number of hydrogen-bond donors (Lipinski definition) is 2. The molecule has 0 atom stereocenters. The maximum absolute atomic E-state index is 12.8. The Kier molecular flexibility index (Phi) is 4.10. The van der Waals surface area contributed by atoms with Crippen molar-refractivity contribution < 1.29 is 14.0 Å². The molecule has 4 aliphatic rings. The second-order valence-corrected chi connectivity index (χ2v) is 8.06. The molecule has 2 N–H and O–H groups in total. The number of rotatable bonds is 6. The van der Waals surface area contributed by atoms with E-state index in [0.29, 0.717) is 13.0 Å². The van der Waals surface area contributed by atoms with Crippen LogP contribution in [0.25, 0.3) is 0 Å². The van der Waals surface area contributed by atoms with Crippen molar-refractivity contribution in [2.24, 2.45) is 23.2 Å². The molecular formula is C19H26N2O3. The van der Waals surface area contributed by atoms with Crippen molar-refractivity contribution in [2.45, 2.75) is 44.9 Å². The summed E-state index contributed by atoms with van der Waals surface area (Å²) in [5.74, 6) is 3.06. The number of carbonyl (C=O) groups excluding carboxylic acids is 2. The van der Waals surface area contributed by atoms with Gasteiger partial charge in [0.25, 0.3) is 0 Å². The first kappa shape index (κ1) is 15.7. The van der Waals surface area contributed by atoms with Crippen LogP contribution in [-0.2, 0) is 16.0 Å². The first-order valence-electron chi connectivity index (χ1n) is 9.20. The molecule has 0 aromatic carbocycles. The monoisotopic (exact) mass is 330 g/mol. The fourth-order valence-electron chi connectivity index (χ4n) is 5.58. The van der Waals surface area contributed by atoms with Crippen molar-refractivity contribution in [3.05, 3.63) is 24.2 Å². The molecular weight excluding hydrogens is 304 g/mol. The van der Waals surface area contributed by atoms with Gasteiger partial charge in [0.1, 0.15) is 5.76 Å². The lowest BCUT2D eigenvalue weighted by Gasteiger charge is -2.55. The zero-order chi connectivity index (χ0) is 16.6. The number of furan rings is 1. The maximum Gasteiger partial charge on any atom is 0.239 e. The molecule has 0 saturated heterocycles. The molecule has 24 heavy (non-hydrogen) atoms. The van der Waals surface area contributed by atoms with Crippen molar-refractivity contribution in [3.63, 3.8) is 0 Å². The Morgan fingerprint density at radius 2 is 1.75 bits per heavy atom. The first-order valence-corrected chi connectivity index (χ1v) is 9.20. The van der Waals surface area contributed by atoms with Crippen LogP contribution in [0.4, 0.5) is 0 Å². The molecule has 130 valence electrons. The third-order valence-corrected chi connectivity index (χ3v) is 6.20. The summed E-state index contributed by atoms with van der Waals surface area (Å²) in [5, 5.41) is 5.75. The first-order chi connectivity index (χ1) is 11.6. The van der Waals surface area contributed by atoms with Crippen LogP contribution in [0, 0.1) is 23.2 Å². The Balaban J connectivity index is 1.24. The number of nitrogens with one attached hydrogen (secondary N) is 2. The van der Waals surface area contributed by atoms with E-state index in [1.54, 1.807) is 6.26 Å². The highest BCUT2D eigenvalue weighted by molar-refractivity contribution is 5.88. The molecule has 4 saturated carbocycles. The molecule has 1 aromatic heterocycles. The van der Waals surface area contributed by atoms with Crippen molar-refractivity contribution in [1.82, 2.24) is 10.6 Å². The molecule has 0 radical (unpaired) electrons. The van der Waals surface area contributed by atoms with E-state index in [-0.39, 0.29) is 23.8 Å². The minimum absolute atomic E-state index is 0.0821. The van der Waals surface area contributed by atoms with Gasteiger partial charge in [-0.2, -0.15) is 0 Å². The third kappa shape index (κ3) is 3.08. The van der Waals surface area contributed by atoms with Crippen LogP contribution < -0.4 is 10.6 Å². The van der Waals surface area contributed by atoms with Crippen molar-refractivity contribution >= 4 is 11.8 Å². The Morgan fingerprint density at radius 1 is 1.08 bits per heavy atom. The summed E-state index contributed by atoms with van der Waals surface area (Å²) in [6, 6.07) is 3.73. The standard InChI is InChI=1S/C19H26N2O3/c22-17(20-4-3-16-2-1-5-24-16)12-21-18(23)19-9-13-6-14(10-19)8-15(7-13)11-19/h1-2,5,13-15H,3-4,6-12H2,(H,20,22)(H,21,23). The zero-order valence-electron chi connectivity index (χ0n) is 14.1. The number of hydrogen-bond acceptors (Lipinski definition) is 3. The van der Waals surface area contributed by atoms with Gasteiger partial charge >= 0.3 is 0 Å². The van der Waals surface area contributed by atoms with Gasteiger partial charge in [-0.05, 0) is 68.4 Å². The lowest BCUT2D eigenvalue weighted by molar-refractivity contribution is -0.147. The minimum Gasteiger partial charge on any atom is -0.469 e. The van der Waals surface area contributed by atoms with Crippen LogP contribution >= 0.6 is 0 Å². The van der Waals surface area contributed by atoms with Gasteiger partial charge in [0.05, 0.1) is 12.8 Å². The predicted octanol–water partition coefficient (Wildman–Crippen LogP) is 2.27. The second kappa shape index (κ2) is 6.26. The highest BCUT2D eigenvalue weighted by Crippen LogP contribution is 2.60. The maximum atomic E-state index is 12.8. The molecule has 5 rings (SSSR count). The molecule has 1 aromatic rings. The van der Waals surface area contributed by atoms with E-state index in [0.717, 1.165) is 42.8 Å². The van der Waals surface area contributed by atoms with E-state index >= 15 is 0 Å². The summed E-state index contributed by atoms with van der Waals surface area (Å²) in [6.07, 6.45) is 9.35. The Labute approximate surface area is 142 Å². The molecule has 0 aliphatic heterocycles. The van der Waals surface area contributed by atoms with Crippen LogP contribution in [0.2, 0.25) is 0 Å². The SMILES string of the molecule is O=C(CNC(=O)C12CC3CC(CC(C3)C1)C2)NCCc1ccco1. The summed E-state index contributed by atoms with van der Waals surface area (Å²) in [5.41, 5.74) is -0.177. The van der Waals surface area contributed by atoms with Crippen molar-refractivity contribution in [1.29, 1.82) is 0 Å². The normalized spacial score (nSPS) is 33.4. The average molecular weight is 330 g/mol. The predicted molar refractivity (Wildman–Crippen MR) is 89.0 cm³/mol. The van der Waals surface area contributed by atoms with Gasteiger partial charge in [-0.3, -0.25) is 9.59 Å². The van der Waals surface area contributed by atoms with Crippen molar-refractivity contribution in [3.8, 4) is 0 Å². The van der Waals surface area contributed by atoms with Crippen LogP contribution in [0.1, 0.15) is 44.3 Å². The molecule has 1 heterocycles. The summed E-state index contributed by atoms with van der Waals surface area (Å²) in [6.45, 7) is 0.609. The number of carbonyl (C=O) groups is 2. The van der Waals surface area contributed by atoms with Gasteiger partial charge in [-0.15, -0.1) is 0 Å². The molecule has 4 aliphatic carbocycles. The highest BCUT2D eigenvalue weighted by Gasteiger charge is 2.54. The van der Waals surface area contributed by atoms with Gasteiger partial charge in [0.15, 0.2) is 0 Å². The van der Waals surface area contributed by atoms with Crippen LogP contribution in [0.15, 0.2) is 22.8 Å². The van der Waals surface area contributed by atoms with E-state index in [4.69, 9.17) is 4.42 Å². The van der Waals surface area contributed by atoms with E-state index in [1.165, 1.54) is 19.3 Å². The fraction of sp³-hybridized carbons (Fsp3) is 0.684. The van der Waals surface area contributed by atoms with Gasteiger partial charge in [-0.25, -0.2) is 0 Å².